The van der Waals surface area contributed by atoms with Crippen LogP contribution in [0.3, 0.4) is 0 Å². The van der Waals surface area contributed by atoms with Crippen molar-refractivity contribution in [2.45, 2.75) is 71.5 Å². The molecule has 16 heavy (non-hydrogen) atoms. The van der Waals surface area contributed by atoms with E-state index < -0.39 is 0 Å². The van der Waals surface area contributed by atoms with Crippen molar-refractivity contribution in [3.8, 4) is 0 Å². The number of fused-ring (bicyclic) bond motifs is 2. The third-order valence-electron chi connectivity index (χ3n) is 4.63. The van der Waals surface area contributed by atoms with E-state index in [1.165, 1.54) is 19.4 Å². The van der Waals surface area contributed by atoms with Gasteiger partial charge in [-0.1, -0.05) is 20.8 Å². The van der Waals surface area contributed by atoms with E-state index in [0.717, 1.165) is 12.6 Å². The molecule has 94 valence electrons. The highest BCUT2D eigenvalue weighted by Crippen LogP contribution is 2.50. The Morgan fingerprint density at radius 3 is 2.19 bits per heavy atom. The van der Waals surface area contributed by atoms with Gasteiger partial charge < -0.3 is 5.32 Å². The van der Waals surface area contributed by atoms with Gasteiger partial charge >= 0.3 is 0 Å². The molecule has 0 saturated carbocycles. The Morgan fingerprint density at radius 2 is 1.75 bits per heavy atom. The molecule has 2 aliphatic rings. The van der Waals surface area contributed by atoms with Gasteiger partial charge in [0.25, 0.3) is 0 Å². The van der Waals surface area contributed by atoms with Gasteiger partial charge in [-0.05, 0) is 39.0 Å². The molecule has 2 heterocycles. The average molecular weight is 224 g/mol. The van der Waals surface area contributed by atoms with Crippen molar-refractivity contribution in [2.24, 2.45) is 5.41 Å². The monoisotopic (exact) mass is 224 g/mol. The highest BCUT2D eigenvalue weighted by Gasteiger charge is 2.57. The van der Waals surface area contributed by atoms with Gasteiger partial charge in [0.1, 0.15) is 0 Å². The van der Waals surface area contributed by atoms with Crippen LogP contribution >= 0.6 is 0 Å². The van der Waals surface area contributed by atoms with Gasteiger partial charge in [-0.25, -0.2) is 0 Å². The topological polar surface area (TPSA) is 15.3 Å². The first-order valence-corrected chi connectivity index (χ1v) is 6.69. The van der Waals surface area contributed by atoms with E-state index in [1.807, 2.05) is 0 Å². The van der Waals surface area contributed by atoms with Crippen molar-refractivity contribution in [3.05, 3.63) is 0 Å². The van der Waals surface area contributed by atoms with Gasteiger partial charge in [-0.15, -0.1) is 0 Å². The molecule has 0 spiro atoms. The summed E-state index contributed by atoms with van der Waals surface area (Å²) in [5.41, 5.74) is 0.993. The van der Waals surface area contributed by atoms with Crippen LogP contribution in [0.1, 0.15) is 54.4 Å². The summed E-state index contributed by atoms with van der Waals surface area (Å²) in [6.45, 7) is 16.7. The van der Waals surface area contributed by atoms with E-state index in [1.54, 1.807) is 0 Å². The third-order valence-corrected chi connectivity index (χ3v) is 4.63. The molecule has 2 fully saturated rings. The molecular formula is C14H28N2. The fourth-order valence-electron chi connectivity index (χ4n) is 4.01. The molecule has 2 bridgehead atoms. The number of nitrogens with zero attached hydrogens (tertiary/aromatic N) is 1. The van der Waals surface area contributed by atoms with Crippen LogP contribution in [0.2, 0.25) is 0 Å². The standard InChI is InChI=1S/C14H28N2/c1-12(2,3)14-8-7-11(9-15-10-14)16(14)13(4,5)6/h11,15H,7-10H2,1-6H3. The van der Waals surface area contributed by atoms with E-state index in [4.69, 9.17) is 0 Å². The van der Waals surface area contributed by atoms with Gasteiger partial charge in [0.15, 0.2) is 0 Å². The van der Waals surface area contributed by atoms with Gasteiger partial charge in [-0.3, -0.25) is 4.90 Å². The highest BCUT2D eigenvalue weighted by molar-refractivity contribution is 5.14. The molecule has 2 unspecified atom stereocenters. The Balaban J connectivity index is 2.42. The van der Waals surface area contributed by atoms with Crippen molar-refractivity contribution < 1.29 is 0 Å². The zero-order valence-electron chi connectivity index (χ0n) is 11.9. The van der Waals surface area contributed by atoms with Gasteiger partial charge in [0.2, 0.25) is 0 Å². The lowest BCUT2D eigenvalue weighted by Crippen LogP contribution is -2.70. The summed E-state index contributed by atoms with van der Waals surface area (Å²) in [6.07, 6.45) is 2.72. The normalized spacial score (nSPS) is 36.8. The van der Waals surface area contributed by atoms with Crippen molar-refractivity contribution in [3.63, 3.8) is 0 Å². The van der Waals surface area contributed by atoms with E-state index in [0.29, 0.717) is 11.0 Å². The van der Waals surface area contributed by atoms with E-state index >= 15 is 0 Å². The molecule has 2 nitrogen and oxygen atoms in total. The van der Waals surface area contributed by atoms with Crippen LogP contribution in [0.15, 0.2) is 0 Å². The minimum absolute atomic E-state index is 0.288. The molecule has 0 aromatic carbocycles. The molecule has 2 heteroatoms. The maximum Gasteiger partial charge on any atom is 0.0391 e. The summed E-state index contributed by atoms with van der Waals surface area (Å²) in [5.74, 6) is 0. The smallest absolute Gasteiger partial charge is 0.0391 e. The second kappa shape index (κ2) is 3.46. The van der Waals surface area contributed by atoms with Crippen LogP contribution in [0.25, 0.3) is 0 Å². The zero-order chi connectivity index (χ0) is 12.2. The Kier molecular flexibility index (Phi) is 2.67. The fraction of sp³-hybridized carbons (Fsp3) is 1.00. The molecule has 0 aromatic heterocycles. The molecule has 0 radical (unpaired) electrons. The van der Waals surface area contributed by atoms with E-state index in [2.05, 4.69) is 51.8 Å². The predicted octanol–water partition coefficient (Wildman–Crippen LogP) is 2.64. The number of piperazine rings is 1. The summed E-state index contributed by atoms with van der Waals surface area (Å²) < 4.78 is 0. The average Bonchev–Trinajstić information content (AvgIpc) is 2.34. The summed E-state index contributed by atoms with van der Waals surface area (Å²) in [5, 5.41) is 3.65. The Hall–Kier alpha value is -0.0800. The minimum atomic E-state index is 0.288. The highest BCUT2D eigenvalue weighted by atomic mass is 15.4. The molecule has 2 saturated heterocycles. The van der Waals surface area contributed by atoms with Gasteiger partial charge in [0, 0.05) is 30.2 Å². The summed E-state index contributed by atoms with van der Waals surface area (Å²) in [7, 11) is 0. The van der Waals surface area contributed by atoms with Crippen LogP contribution in [0.4, 0.5) is 0 Å². The predicted molar refractivity (Wildman–Crippen MR) is 69.7 cm³/mol. The first-order valence-electron chi connectivity index (χ1n) is 6.69. The van der Waals surface area contributed by atoms with E-state index in [9.17, 15) is 0 Å². The summed E-state index contributed by atoms with van der Waals surface area (Å²) in [4.78, 5) is 2.82. The van der Waals surface area contributed by atoms with Crippen molar-refractivity contribution in [1.29, 1.82) is 0 Å². The maximum absolute atomic E-state index is 3.65. The lowest BCUT2D eigenvalue weighted by molar-refractivity contribution is -0.0708. The lowest BCUT2D eigenvalue weighted by atomic mass is 9.70. The summed E-state index contributed by atoms with van der Waals surface area (Å²) >= 11 is 0. The van der Waals surface area contributed by atoms with Crippen LogP contribution in [0, 0.1) is 5.41 Å². The molecular weight excluding hydrogens is 196 g/mol. The molecule has 1 N–H and O–H groups in total. The van der Waals surface area contributed by atoms with Crippen LogP contribution < -0.4 is 5.32 Å². The molecule has 0 aromatic rings. The van der Waals surface area contributed by atoms with Crippen molar-refractivity contribution in [2.75, 3.05) is 13.1 Å². The second-order valence-electron chi connectivity index (χ2n) is 7.65. The largest absolute Gasteiger partial charge is 0.313 e. The first kappa shape index (κ1) is 12.4. The number of nitrogens with one attached hydrogen (secondary N) is 1. The molecule has 0 aliphatic carbocycles. The molecule has 0 amide bonds. The zero-order valence-corrected chi connectivity index (χ0v) is 11.9. The first-order chi connectivity index (χ1) is 7.18. The fourth-order valence-corrected chi connectivity index (χ4v) is 4.01. The minimum Gasteiger partial charge on any atom is -0.313 e. The number of hydrogen-bond acceptors (Lipinski definition) is 2. The lowest BCUT2D eigenvalue weighted by Gasteiger charge is -2.58. The molecule has 2 rings (SSSR count). The Morgan fingerprint density at radius 1 is 1.12 bits per heavy atom. The van der Waals surface area contributed by atoms with Crippen LogP contribution in [0.5, 0.6) is 0 Å². The second-order valence-corrected chi connectivity index (χ2v) is 7.65. The third kappa shape index (κ3) is 1.62. The summed E-state index contributed by atoms with van der Waals surface area (Å²) in [6, 6.07) is 0.743. The van der Waals surface area contributed by atoms with Crippen LogP contribution in [-0.4, -0.2) is 35.1 Å². The molecule has 2 atom stereocenters. The SMILES string of the molecule is CC(C)(C)N1C2CCC1(C(C)(C)C)CNC2. The van der Waals surface area contributed by atoms with E-state index in [-0.39, 0.29) is 5.54 Å². The number of rotatable bonds is 0. The maximum atomic E-state index is 3.65. The number of hydrogen-bond donors (Lipinski definition) is 1. The van der Waals surface area contributed by atoms with Crippen molar-refractivity contribution >= 4 is 0 Å². The van der Waals surface area contributed by atoms with Gasteiger partial charge in [0.05, 0.1) is 0 Å². The van der Waals surface area contributed by atoms with Crippen LogP contribution in [-0.2, 0) is 0 Å². The Bertz CT molecular complexity index is 267. The molecule has 2 aliphatic heterocycles. The quantitative estimate of drug-likeness (QED) is 0.680. The Labute approximate surface area is 101 Å². The van der Waals surface area contributed by atoms with Gasteiger partial charge in [-0.2, -0.15) is 0 Å². The van der Waals surface area contributed by atoms with Crippen molar-refractivity contribution in [1.82, 2.24) is 10.2 Å².